The van der Waals surface area contributed by atoms with Crippen molar-refractivity contribution in [2.45, 2.75) is 0 Å². The zero-order valence-corrected chi connectivity index (χ0v) is 9.75. The van der Waals surface area contributed by atoms with Gasteiger partial charge in [-0.25, -0.2) is 4.98 Å². The molecule has 0 unspecified atom stereocenters. The number of amides is 1. The van der Waals surface area contributed by atoms with E-state index in [2.05, 4.69) is 15.3 Å². The van der Waals surface area contributed by atoms with Crippen LogP contribution in [0.4, 0.5) is 11.5 Å². The van der Waals surface area contributed by atoms with E-state index in [0.717, 1.165) is 0 Å². The minimum Gasteiger partial charge on any atom is -0.497 e. The Morgan fingerprint density at radius 1 is 1.39 bits per heavy atom. The van der Waals surface area contributed by atoms with Crippen LogP contribution in [-0.2, 0) is 0 Å². The summed E-state index contributed by atoms with van der Waals surface area (Å²) < 4.78 is 5.06. The number of benzene rings is 1. The van der Waals surface area contributed by atoms with Crippen molar-refractivity contribution in [2.75, 3.05) is 18.2 Å². The molecular weight excluding hydrogens is 232 g/mol. The van der Waals surface area contributed by atoms with Gasteiger partial charge >= 0.3 is 0 Å². The molecule has 1 aromatic heterocycles. The average molecular weight is 244 g/mol. The van der Waals surface area contributed by atoms with Gasteiger partial charge in [-0.3, -0.25) is 9.78 Å². The Hall–Kier alpha value is -2.63. The number of hydrogen-bond acceptors (Lipinski definition) is 5. The first-order valence-corrected chi connectivity index (χ1v) is 5.22. The number of ether oxygens (including phenoxy) is 1. The van der Waals surface area contributed by atoms with Gasteiger partial charge in [0.2, 0.25) is 0 Å². The SMILES string of the molecule is COc1cccc(NC(=O)c2cncc(N)n2)c1. The van der Waals surface area contributed by atoms with E-state index in [-0.39, 0.29) is 17.4 Å². The van der Waals surface area contributed by atoms with Gasteiger partial charge in [-0.2, -0.15) is 0 Å². The highest BCUT2D eigenvalue weighted by Gasteiger charge is 2.08. The lowest BCUT2D eigenvalue weighted by Gasteiger charge is -2.06. The molecule has 0 bridgehead atoms. The molecule has 0 spiro atoms. The minimum absolute atomic E-state index is 0.165. The first-order valence-electron chi connectivity index (χ1n) is 5.22. The lowest BCUT2D eigenvalue weighted by atomic mass is 10.3. The molecule has 92 valence electrons. The summed E-state index contributed by atoms with van der Waals surface area (Å²) in [5.41, 5.74) is 6.24. The van der Waals surface area contributed by atoms with Crippen LogP contribution in [0.5, 0.6) is 5.75 Å². The Kier molecular flexibility index (Phi) is 3.38. The number of anilines is 2. The van der Waals surface area contributed by atoms with Gasteiger partial charge < -0.3 is 15.8 Å². The van der Waals surface area contributed by atoms with Gasteiger partial charge in [0.25, 0.3) is 5.91 Å². The van der Waals surface area contributed by atoms with Crippen molar-refractivity contribution in [3.05, 3.63) is 42.4 Å². The highest BCUT2D eigenvalue weighted by Crippen LogP contribution is 2.17. The molecule has 6 heteroatoms. The molecule has 0 radical (unpaired) electrons. The fraction of sp³-hybridized carbons (Fsp3) is 0.0833. The number of methoxy groups -OCH3 is 1. The summed E-state index contributed by atoms with van der Waals surface area (Å²) in [5.74, 6) is 0.489. The van der Waals surface area contributed by atoms with E-state index in [0.29, 0.717) is 11.4 Å². The van der Waals surface area contributed by atoms with E-state index >= 15 is 0 Å². The van der Waals surface area contributed by atoms with E-state index in [1.807, 2.05) is 0 Å². The van der Waals surface area contributed by atoms with Crippen LogP contribution in [0.3, 0.4) is 0 Å². The molecule has 0 saturated heterocycles. The summed E-state index contributed by atoms with van der Waals surface area (Å²) in [6.07, 6.45) is 2.73. The molecule has 0 aliphatic heterocycles. The highest BCUT2D eigenvalue weighted by atomic mass is 16.5. The Bertz CT molecular complexity index is 572. The Balaban J connectivity index is 2.16. The Morgan fingerprint density at radius 3 is 2.94 bits per heavy atom. The summed E-state index contributed by atoms with van der Waals surface area (Å²) in [4.78, 5) is 19.5. The number of hydrogen-bond donors (Lipinski definition) is 2. The van der Waals surface area contributed by atoms with Crippen molar-refractivity contribution < 1.29 is 9.53 Å². The third-order valence-corrected chi connectivity index (χ3v) is 2.21. The summed E-state index contributed by atoms with van der Waals surface area (Å²) >= 11 is 0. The van der Waals surface area contributed by atoms with Gasteiger partial charge in [0, 0.05) is 11.8 Å². The van der Waals surface area contributed by atoms with Crippen LogP contribution in [0.25, 0.3) is 0 Å². The first kappa shape index (κ1) is 11.8. The summed E-state index contributed by atoms with van der Waals surface area (Å²) in [7, 11) is 1.56. The fourth-order valence-electron chi connectivity index (χ4n) is 1.39. The molecule has 1 aromatic carbocycles. The number of nitrogens with zero attached hydrogens (tertiary/aromatic N) is 2. The molecule has 0 saturated carbocycles. The van der Waals surface area contributed by atoms with E-state index in [4.69, 9.17) is 10.5 Å². The third kappa shape index (κ3) is 2.73. The van der Waals surface area contributed by atoms with Crippen LogP contribution >= 0.6 is 0 Å². The van der Waals surface area contributed by atoms with Crippen LogP contribution in [0, 0.1) is 0 Å². The second-order valence-electron chi connectivity index (χ2n) is 3.52. The predicted molar refractivity (Wildman–Crippen MR) is 67.4 cm³/mol. The van der Waals surface area contributed by atoms with Crippen LogP contribution in [0.2, 0.25) is 0 Å². The largest absolute Gasteiger partial charge is 0.497 e. The molecule has 18 heavy (non-hydrogen) atoms. The number of aromatic nitrogens is 2. The molecule has 1 amide bonds. The molecule has 0 atom stereocenters. The van der Waals surface area contributed by atoms with Crippen molar-refractivity contribution in [3.63, 3.8) is 0 Å². The molecule has 0 fully saturated rings. The second kappa shape index (κ2) is 5.13. The second-order valence-corrected chi connectivity index (χ2v) is 3.52. The van der Waals surface area contributed by atoms with Crippen LogP contribution in [-0.4, -0.2) is 23.0 Å². The Labute approximate surface area is 104 Å². The number of carbonyl (C=O) groups is 1. The van der Waals surface area contributed by atoms with Gasteiger partial charge in [-0.05, 0) is 12.1 Å². The minimum atomic E-state index is -0.372. The predicted octanol–water partition coefficient (Wildman–Crippen LogP) is 1.32. The normalized spacial score (nSPS) is 9.83. The lowest BCUT2D eigenvalue weighted by Crippen LogP contribution is -2.14. The molecule has 1 heterocycles. The van der Waals surface area contributed by atoms with Crippen LogP contribution in [0.1, 0.15) is 10.5 Å². The van der Waals surface area contributed by atoms with Gasteiger partial charge in [-0.15, -0.1) is 0 Å². The number of nitrogens with two attached hydrogens (primary N) is 1. The Morgan fingerprint density at radius 2 is 2.22 bits per heavy atom. The zero-order valence-electron chi connectivity index (χ0n) is 9.75. The molecular formula is C12H12N4O2. The third-order valence-electron chi connectivity index (χ3n) is 2.21. The van der Waals surface area contributed by atoms with Gasteiger partial charge in [-0.1, -0.05) is 6.07 Å². The molecule has 3 N–H and O–H groups in total. The van der Waals surface area contributed by atoms with E-state index in [1.165, 1.54) is 12.4 Å². The summed E-state index contributed by atoms with van der Waals surface area (Å²) in [5, 5.41) is 2.68. The maximum atomic E-state index is 11.9. The maximum Gasteiger partial charge on any atom is 0.275 e. The summed E-state index contributed by atoms with van der Waals surface area (Å²) in [6.45, 7) is 0. The smallest absolute Gasteiger partial charge is 0.275 e. The number of nitrogen functional groups attached to an aromatic ring is 1. The monoisotopic (exact) mass is 244 g/mol. The van der Waals surface area contributed by atoms with Gasteiger partial charge in [0.15, 0.2) is 0 Å². The number of nitrogens with one attached hydrogen (secondary N) is 1. The van der Waals surface area contributed by atoms with Crippen molar-refractivity contribution >= 4 is 17.4 Å². The van der Waals surface area contributed by atoms with Crippen molar-refractivity contribution in [2.24, 2.45) is 0 Å². The van der Waals surface area contributed by atoms with Gasteiger partial charge in [0.05, 0.1) is 19.5 Å². The van der Waals surface area contributed by atoms with E-state index < -0.39 is 0 Å². The quantitative estimate of drug-likeness (QED) is 0.849. The maximum absolute atomic E-state index is 11.9. The van der Waals surface area contributed by atoms with Crippen LogP contribution < -0.4 is 15.8 Å². The topological polar surface area (TPSA) is 90.1 Å². The van der Waals surface area contributed by atoms with Gasteiger partial charge in [0.1, 0.15) is 17.3 Å². The number of carbonyl (C=O) groups excluding carboxylic acids is 1. The van der Waals surface area contributed by atoms with Crippen LogP contribution in [0.15, 0.2) is 36.7 Å². The molecule has 6 nitrogen and oxygen atoms in total. The standard InChI is InChI=1S/C12H12N4O2/c1-18-9-4-2-3-8(5-9)15-12(17)10-6-14-7-11(13)16-10/h2-7H,1H3,(H2,13,16)(H,15,17). The first-order chi connectivity index (χ1) is 8.69. The molecule has 2 aromatic rings. The summed E-state index contributed by atoms with van der Waals surface area (Å²) in [6, 6.07) is 7.02. The average Bonchev–Trinajstić information content (AvgIpc) is 2.39. The highest BCUT2D eigenvalue weighted by molar-refractivity contribution is 6.02. The molecule has 0 aliphatic carbocycles. The lowest BCUT2D eigenvalue weighted by molar-refractivity contribution is 0.102. The molecule has 0 aliphatic rings. The zero-order chi connectivity index (χ0) is 13.0. The molecule has 2 rings (SSSR count). The van der Waals surface area contributed by atoms with E-state index in [1.54, 1.807) is 31.4 Å². The fourth-order valence-corrected chi connectivity index (χ4v) is 1.39. The van der Waals surface area contributed by atoms with Crippen molar-refractivity contribution in [3.8, 4) is 5.75 Å². The van der Waals surface area contributed by atoms with Crippen molar-refractivity contribution in [1.29, 1.82) is 0 Å². The van der Waals surface area contributed by atoms with Crippen molar-refractivity contribution in [1.82, 2.24) is 9.97 Å². The van der Waals surface area contributed by atoms with E-state index in [9.17, 15) is 4.79 Å². The number of rotatable bonds is 3.